The third kappa shape index (κ3) is 8.13. The number of fused-ring (bicyclic) bond motifs is 1. The first-order valence-corrected chi connectivity index (χ1v) is 14.7. The molecule has 2 aliphatic heterocycles. The number of carbonyl (C=O) groups excluding carboxylic acids is 1. The average molecular weight is 531 g/mol. The summed E-state index contributed by atoms with van der Waals surface area (Å²) in [7, 11) is 0. The highest BCUT2D eigenvalue weighted by molar-refractivity contribution is 5.93. The Kier molecular flexibility index (Phi) is 9.98. The lowest BCUT2D eigenvalue weighted by atomic mass is 9.98. The summed E-state index contributed by atoms with van der Waals surface area (Å²) in [6.07, 6.45) is 11.4. The van der Waals surface area contributed by atoms with E-state index >= 15 is 0 Å². The van der Waals surface area contributed by atoms with E-state index in [1.165, 1.54) is 32.4 Å². The zero-order chi connectivity index (χ0) is 26.7. The summed E-state index contributed by atoms with van der Waals surface area (Å²) in [4.78, 5) is 24.0. The van der Waals surface area contributed by atoms with E-state index in [-0.39, 0.29) is 5.91 Å². The van der Waals surface area contributed by atoms with Crippen molar-refractivity contribution >= 4 is 22.5 Å². The molecule has 5 rings (SSSR count). The van der Waals surface area contributed by atoms with Crippen LogP contribution in [0.4, 0.5) is 5.69 Å². The number of carbonyl (C=O) groups is 1. The molecule has 0 bridgehead atoms. The Morgan fingerprint density at radius 1 is 1.08 bits per heavy atom. The van der Waals surface area contributed by atoms with E-state index in [1.807, 2.05) is 36.5 Å². The van der Waals surface area contributed by atoms with Gasteiger partial charge in [-0.05, 0) is 107 Å². The second-order valence-electron chi connectivity index (χ2n) is 10.8. The van der Waals surface area contributed by atoms with E-state index in [9.17, 15) is 4.79 Å². The smallest absolute Gasteiger partial charge is 0.223 e. The lowest BCUT2D eigenvalue weighted by molar-refractivity contribution is -0.121. The number of anilines is 1. The number of benzene rings is 1. The van der Waals surface area contributed by atoms with Crippen LogP contribution in [-0.4, -0.2) is 73.2 Å². The number of pyridine rings is 2. The summed E-state index contributed by atoms with van der Waals surface area (Å²) in [5, 5.41) is 11.1. The summed E-state index contributed by atoms with van der Waals surface area (Å²) in [5.74, 6) is 1.39. The lowest BCUT2D eigenvalue weighted by Gasteiger charge is -2.26. The Bertz CT molecular complexity index is 1190. The number of likely N-dealkylation sites (tertiary alicyclic amines) is 1. The van der Waals surface area contributed by atoms with Gasteiger partial charge in [0.15, 0.2) is 0 Å². The average Bonchev–Trinajstić information content (AvgIpc) is 2.99. The van der Waals surface area contributed by atoms with Gasteiger partial charge in [-0.15, -0.1) is 0 Å². The molecular weight excluding hydrogens is 488 g/mol. The minimum absolute atomic E-state index is 0.0518. The van der Waals surface area contributed by atoms with Gasteiger partial charge in [0.2, 0.25) is 5.91 Å². The number of aromatic nitrogens is 2. The van der Waals surface area contributed by atoms with Crippen molar-refractivity contribution in [3.05, 3.63) is 48.8 Å². The molecule has 0 aliphatic carbocycles. The highest BCUT2D eigenvalue weighted by Crippen LogP contribution is 2.29. The predicted molar refractivity (Wildman–Crippen MR) is 157 cm³/mol. The molecule has 4 heterocycles. The Balaban J connectivity index is 1.13. The first-order chi connectivity index (χ1) is 19.2. The zero-order valence-corrected chi connectivity index (χ0v) is 23.0. The predicted octanol–water partition coefficient (Wildman–Crippen LogP) is 4.47. The van der Waals surface area contributed by atoms with Gasteiger partial charge in [0.1, 0.15) is 5.75 Å². The van der Waals surface area contributed by atoms with Crippen molar-refractivity contribution in [1.29, 1.82) is 0 Å². The van der Waals surface area contributed by atoms with Crippen LogP contribution < -0.4 is 20.7 Å². The van der Waals surface area contributed by atoms with Crippen molar-refractivity contribution < 1.29 is 9.53 Å². The molecule has 1 amide bonds. The Morgan fingerprint density at radius 2 is 1.90 bits per heavy atom. The fourth-order valence-corrected chi connectivity index (χ4v) is 5.49. The van der Waals surface area contributed by atoms with Crippen LogP contribution in [-0.2, 0) is 4.79 Å². The molecule has 0 atom stereocenters. The van der Waals surface area contributed by atoms with Crippen LogP contribution in [0.5, 0.6) is 5.75 Å². The molecule has 0 unspecified atom stereocenters. The molecule has 0 radical (unpaired) electrons. The number of hydrogen-bond acceptors (Lipinski definition) is 7. The molecule has 8 heteroatoms. The van der Waals surface area contributed by atoms with Crippen molar-refractivity contribution in [2.75, 3.05) is 57.7 Å². The Hall–Kier alpha value is -3.23. The van der Waals surface area contributed by atoms with Crippen LogP contribution in [0.1, 0.15) is 44.9 Å². The second-order valence-corrected chi connectivity index (χ2v) is 10.8. The number of piperidine rings is 2. The summed E-state index contributed by atoms with van der Waals surface area (Å²) >= 11 is 0. The van der Waals surface area contributed by atoms with Crippen molar-refractivity contribution in [1.82, 2.24) is 25.5 Å². The van der Waals surface area contributed by atoms with Crippen molar-refractivity contribution in [3.63, 3.8) is 0 Å². The van der Waals surface area contributed by atoms with Crippen LogP contribution in [0.25, 0.3) is 22.2 Å². The third-order valence-corrected chi connectivity index (χ3v) is 7.82. The topological polar surface area (TPSA) is 91.4 Å². The molecule has 39 heavy (non-hydrogen) atoms. The molecule has 2 fully saturated rings. The highest BCUT2D eigenvalue weighted by Gasteiger charge is 2.14. The quantitative estimate of drug-likeness (QED) is 0.298. The molecule has 3 aromatic rings. The maximum atomic E-state index is 12.2. The van der Waals surface area contributed by atoms with E-state index in [0.29, 0.717) is 18.9 Å². The SMILES string of the molecule is O=C(CCOc1ccc(-c2cc(NCCCN3CCCCC3)c3cnccc3n2)cc1)NCC1CCNCC1. The molecule has 2 saturated heterocycles. The molecule has 2 aliphatic rings. The third-order valence-electron chi connectivity index (χ3n) is 7.82. The Labute approximate surface area is 231 Å². The number of ether oxygens (including phenoxy) is 1. The van der Waals surface area contributed by atoms with Crippen LogP contribution >= 0.6 is 0 Å². The summed E-state index contributed by atoms with van der Waals surface area (Å²) in [6.45, 7) is 7.74. The number of nitrogens with one attached hydrogen (secondary N) is 3. The summed E-state index contributed by atoms with van der Waals surface area (Å²) in [5.41, 5.74) is 3.93. The molecule has 0 saturated carbocycles. The first kappa shape index (κ1) is 27.3. The van der Waals surface area contributed by atoms with E-state index in [1.54, 1.807) is 6.20 Å². The normalized spacial score (nSPS) is 16.7. The van der Waals surface area contributed by atoms with Gasteiger partial charge >= 0.3 is 0 Å². The number of nitrogens with zero attached hydrogens (tertiary/aromatic N) is 3. The molecular formula is C31H42N6O2. The minimum Gasteiger partial charge on any atom is -0.493 e. The fourth-order valence-electron chi connectivity index (χ4n) is 5.49. The fraction of sp³-hybridized carbons (Fsp3) is 0.516. The molecule has 3 N–H and O–H groups in total. The highest BCUT2D eigenvalue weighted by atomic mass is 16.5. The maximum absolute atomic E-state index is 12.2. The maximum Gasteiger partial charge on any atom is 0.223 e. The van der Waals surface area contributed by atoms with E-state index in [2.05, 4.69) is 31.9 Å². The molecule has 8 nitrogen and oxygen atoms in total. The molecule has 208 valence electrons. The monoisotopic (exact) mass is 530 g/mol. The van der Waals surface area contributed by atoms with E-state index < -0.39 is 0 Å². The second kappa shape index (κ2) is 14.2. The standard InChI is InChI=1S/C31H42N6O2/c38-31(35-22-24-9-14-32-15-10-24)12-20-39-26-7-5-25(6-8-26)29-21-30(27-23-33-16-11-28(27)36-29)34-13-4-19-37-17-2-1-3-18-37/h5-8,11,16,21,23-24,32H,1-4,9-10,12-15,17-20,22H2,(H,34,36)(H,35,38). The molecule has 2 aromatic heterocycles. The van der Waals surface area contributed by atoms with Gasteiger partial charge in [-0.25, -0.2) is 4.98 Å². The van der Waals surface area contributed by atoms with Crippen LogP contribution in [0.2, 0.25) is 0 Å². The van der Waals surface area contributed by atoms with Gasteiger partial charge in [-0.2, -0.15) is 0 Å². The van der Waals surface area contributed by atoms with Crippen LogP contribution in [0.3, 0.4) is 0 Å². The number of hydrogen-bond donors (Lipinski definition) is 3. The van der Waals surface area contributed by atoms with Gasteiger partial charge in [-0.3, -0.25) is 9.78 Å². The van der Waals surface area contributed by atoms with E-state index in [0.717, 1.165) is 85.6 Å². The Morgan fingerprint density at radius 3 is 2.72 bits per heavy atom. The summed E-state index contributed by atoms with van der Waals surface area (Å²) < 4.78 is 5.85. The minimum atomic E-state index is 0.0518. The van der Waals surface area contributed by atoms with Crippen molar-refractivity contribution in [2.45, 2.75) is 44.9 Å². The zero-order valence-electron chi connectivity index (χ0n) is 23.0. The van der Waals surface area contributed by atoms with Crippen molar-refractivity contribution in [2.24, 2.45) is 5.92 Å². The van der Waals surface area contributed by atoms with Gasteiger partial charge in [-0.1, -0.05) is 6.42 Å². The number of amides is 1. The van der Waals surface area contributed by atoms with Gasteiger partial charge in [0.05, 0.1) is 24.2 Å². The van der Waals surface area contributed by atoms with Crippen LogP contribution in [0.15, 0.2) is 48.8 Å². The first-order valence-electron chi connectivity index (χ1n) is 14.7. The van der Waals surface area contributed by atoms with Crippen molar-refractivity contribution in [3.8, 4) is 17.0 Å². The largest absolute Gasteiger partial charge is 0.493 e. The van der Waals surface area contributed by atoms with Gasteiger partial charge < -0.3 is 25.6 Å². The summed E-state index contributed by atoms with van der Waals surface area (Å²) in [6, 6.07) is 12.0. The van der Waals surface area contributed by atoms with Gasteiger partial charge in [0.25, 0.3) is 0 Å². The van der Waals surface area contributed by atoms with Crippen LogP contribution in [0, 0.1) is 5.92 Å². The molecule has 0 spiro atoms. The van der Waals surface area contributed by atoms with Gasteiger partial charge in [0, 0.05) is 42.1 Å². The molecule has 1 aromatic carbocycles. The van der Waals surface area contributed by atoms with E-state index in [4.69, 9.17) is 9.72 Å². The number of rotatable bonds is 12. The lowest BCUT2D eigenvalue weighted by Crippen LogP contribution is -2.36.